The summed E-state index contributed by atoms with van der Waals surface area (Å²) < 4.78 is 25.1. The maximum absolute atomic E-state index is 12.6. The Morgan fingerprint density at radius 1 is 1.00 bits per heavy atom. The van der Waals surface area contributed by atoms with E-state index in [-0.39, 0.29) is 5.38 Å². The highest BCUT2D eigenvalue weighted by Crippen LogP contribution is 2.36. The summed E-state index contributed by atoms with van der Waals surface area (Å²) in [5.74, 6) is 0. The standard InChI is InChI=1S/C16H15ClO2S/c17-16-8-4-5-12-11-14(9-10-15(12)16)20(18,19)13-6-2-1-3-7-13/h1-3,6-7,9-11,16H,4-5,8H2. The monoisotopic (exact) mass is 306 g/mol. The third-order valence-corrected chi connectivity index (χ3v) is 5.94. The molecule has 0 radical (unpaired) electrons. The average Bonchev–Trinajstić information content (AvgIpc) is 2.48. The normalized spacial score (nSPS) is 18.6. The van der Waals surface area contributed by atoms with Gasteiger partial charge in [-0.2, -0.15) is 0 Å². The Labute approximate surface area is 124 Å². The summed E-state index contributed by atoms with van der Waals surface area (Å²) >= 11 is 6.28. The van der Waals surface area contributed by atoms with Crippen molar-refractivity contribution < 1.29 is 8.42 Å². The van der Waals surface area contributed by atoms with Crippen LogP contribution in [0.2, 0.25) is 0 Å². The first-order valence-corrected chi connectivity index (χ1v) is 8.58. The van der Waals surface area contributed by atoms with Gasteiger partial charge in [0.15, 0.2) is 0 Å². The molecule has 0 amide bonds. The van der Waals surface area contributed by atoms with Gasteiger partial charge in [-0.05, 0) is 54.7 Å². The fourth-order valence-corrected chi connectivity index (χ4v) is 4.33. The van der Waals surface area contributed by atoms with Crippen molar-refractivity contribution in [1.29, 1.82) is 0 Å². The molecular weight excluding hydrogens is 292 g/mol. The summed E-state index contributed by atoms with van der Waals surface area (Å²) in [5, 5.41) is 0.00669. The molecule has 0 saturated heterocycles. The molecule has 0 bridgehead atoms. The van der Waals surface area contributed by atoms with Crippen molar-refractivity contribution in [1.82, 2.24) is 0 Å². The van der Waals surface area contributed by atoms with E-state index in [0.29, 0.717) is 9.79 Å². The molecule has 1 aliphatic carbocycles. The molecule has 0 N–H and O–H groups in total. The van der Waals surface area contributed by atoms with E-state index < -0.39 is 9.84 Å². The molecule has 2 nitrogen and oxygen atoms in total. The molecule has 0 heterocycles. The first-order chi connectivity index (χ1) is 9.59. The van der Waals surface area contributed by atoms with E-state index in [1.807, 2.05) is 12.1 Å². The summed E-state index contributed by atoms with van der Waals surface area (Å²) in [6.07, 6.45) is 2.87. The molecule has 1 unspecified atom stereocenters. The first-order valence-electron chi connectivity index (χ1n) is 6.66. The highest BCUT2D eigenvalue weighted by atomic mass is 35.5. The minimum Gasteiger partial charge on any atom is -0.219 e. The molecule has 1 aliphatic rings. The smallest absolute Gasteiger partial charge is 0.206 e. The van der Waals surface area contributed by atoms with Gasteiger partial charge in [-0.25, -0.2) is 8.42 Å². The zero-order valence-corrected chi connectivity index (χ0v) is 12.5. The molecule has 1 atom stereocenters. The van der Waals surface area contributed by atoms with E-state index >= 15 is 0 Å². The van der Waals surface area contributed by atoms with Crippen molar-refractivity contribution in [2.75, 3.05) is 0 Å². The van der Waals surface area contributed by atoms with E-state index in [2.05, 4.69) is 0 Å². The van der Waals surface area contributed by atoms with Crippen molar-refractivity contribution in [3.63, 3.8) is 0 Å². The Bertz CT molecular complexity index is 723. The lowest BCUT2D eigenvalue weighted by Crippen LogP contribution is -2.08. The average molecular weight is 307 g/mol. The number of fused-ring (bicyclic) bond motifs is 1. The van der Waals surface area contributed by atoms with Crippen LogP contribution in [0.5, 0.6) is 0 Å². The number of hydrogen-bond acceptors (Lipinski definition) is 2. The van der Waals surface area contributed by atoms with Crippen molar-refractivity contribution in [2.45, 2.75) is 34.4 Å². The van der Waals surface area contributed by atoms with Gasteiger partial charge in [0, 0.05) is 0 Å². The van der Waals surface area contributed by atoms with Gasteiger partial charge in [0.05, 0.1) is 15.2 Å². The Balaban J connectivity index is 2.08. The van der Waals surface area contributed by atoms with E-state index in [4.69, 9.17) is 11.6 Å². The minimum absolute atomic E-state index is 0.00669. The van der Waals surface area contributed by atoms with Crippen LogP contribution >= 0.6 is 11.6 Å². The fraction of sp³-hybridized carbons (Fsp3) is 0.250. The lowest BCUT2D eigenvalue weighted by Gasteiger charge is -2.21. The van der Waals surface area contributed by atoms with Crippen LogP contribution in [0.4, 0.5) is 0 Å². The molecule has 20 heavy (non-hydrogen) atoms. The van der Waals surface area contributed by atoms with Crippen molar-refractivity contribution in [3.8, 4) is 0 Å². The highest BCUT2D eigenvalue weighted by molar-refractivity contribution is 7.91. The lowest BCUT2D eigenvalue weighted by molar-refractivity contribution is 0.595. The molecule has 0 spiro atoms. The van der Waals surface area contributed by atoms with Gasteiger partial charge in [0.1, 0.15) is 0 Å². The van der Waals surface area contributed by atoms with Crippen LogP contribution in [0.1, 0.15) is 29.3 Å². The first kappa shape index (κ1) is 13.7. The minimum atomic E-state index is -3.43. The Kier molecular flexibility index (Phi) is 3.57. The van der Waals surface area contributed by atoms with E-state index in [0.717, 1.165) is 30.4 Å². The van der Waals surface area contributed by atoms with E-state index in [9.17, 15) is 8.42 Å². The molecule has 0 saturated carbocycles. The van der Waals surface area contributed by atoms with Gasteiger partial charge < -0.3 is 0 Å². The number of rotatable bonds is 2. The molecule has 4 heteroatoms. The fourth-order valence-electron chi connectivity index (χ4n) is 2.63. The van der Waals surface area contributed by atoms with Gasteiger partial charge in [-0.15, -0.1) is 11.6 Å². The Morgan fingerprint density at radius 3 is 2.50 bits per heavy atom. The van der Waals surface area contributed by atoms with Crippen LogP contribution in [-0.2, 0) is 16.3 Å². The van der Waals surface area contributed by atoms with Gasteiger partial charge in [-0.1, -0.05) is 24.3 Å². The van der Waals surface area contributed by atoms with Gasteiger partial charge in [0.25, 0.3) is 0 Å². The van der Waals surface area contributed by atoms with Gasteiger partial charge in [0.2, 0.25) is 9.84 Å². The molecule has 3 rings (SSSR count). The number of hydrogen-bond donors (Lipinski definition) is 0. The second-order valence-electron chi connectivity index (χ2n) is 5.04. The van der Waals surface area contributed by atoms with Crippen LogP contribution in [0.25, 0.3) is 0 Å². The molecule has 0 fully saturated rings. The highest BCUT2D eigenvalue weighted by Gasteiger charge is 2.22. The second kappa shape index (κ2) is 5.23. The number of aryl methyl sites for hydroxylation is 1. The third-order valence-electron chi connectivity index (χ3n) is 3.72. The van der Waals surface area contributed by atoms with E-state index in [1.54, 1.807) is 36.4 Å². The SMILES string of the molecule is O=S(=O)(c1ccccc1)c1ccc2c(c1)CCCC2Cl. The number of sulfone groups is 1. The maximum atomic E-state index is 12.6. The summed E-state index contributed by atoms with van der Waals surface area (Å²) in [7, 11) is -3.43. The predicted molar refractivity (Wildman–Crippen MR) is 79.9 cm³/mol. The van der Waals surface area contributed by atoms with Gasteiger partial charge >= 0.3 is 0 Å². The lowest BCUT2D eigenvalue weighted by atomic mass is 9.91. The number of alkyl halides is 1. The molecule has 2 aromatic carbocycles. The quantitative estimate of drug-likeness (QED) is 0.782. The van der Waals surface area contributed by atoms with Crippen molar-refractivity contribution >= 4 is 21.4 Å². The van der Waals surface area contributed by atoms with Crippen molar-refractivity contribution in [3.05, 3.63) is 59.7 Å². The zero-order chi connectivity index (χ0) is 14.2. The van der Waals surface area contributed by atoms with Crippen LogP contribution in [0.3, 0.4) is 0 Å². The largest absolute Gasteiger partial charge is 0.219 e. The Hall–Kier alpha value is -1.32. The van der Waals surface area contributed by atoms with Crippen LogP contribution < -0.4 is 0 Å². The summed E-state index contributed by atoms with van der Waals surface area (Å²) in [6, 6.07) is 13.8. The topological polar surface area (TPSA) is 34.1 Å². The van der Waals surface area contributed by atoms with Crippen LogP contribution in [0, 0.1) is 0 Å². The third kappa shape index (κ3) is 2.36. The molecule has 104 valence electrons. The number of benzene rings is 2. The van der Waals surface area contributed by atoms with Crippen LogP contribution in [0.15, 0.2) is 58.3 Å². The van der Waals surface area contributed by atoms with E-state index in [1.165, 1.54) is 0 Å². The molecular formula is C16H15ClO2S. The summed E-state index contributed by atoms with van der Waals surface area (Å²) in [6.45, 7) is 0. The molecule has 0 aromatic heterocycles. The van der Waals surface area contributed by atoms with Crippen molar-refractivity contribution in [2.24, 2.45) is 0 Å². The van der Waals surface area contributed by atoms with Gasteiger partial charge in [-0.3, -0.25) is 0 Å². The molecule has 2 aromatic rings. The molecule has 0 aliphatic heterocycles. The number of halogens is 1. The summed E-state index contributed by atoms with van der Waals surface area (Å²) in [4.78, 5) is 0.686. The van der Waals surface area contributed by atoms with Crippen LogP contribution in [-0.4, -0.2) is 8.42 Å². The summed E-state index contributed by atoms with van der Waals surface area (Å²) in [5.41, 5.74) is 2.14. The maximum Gasteiger partial charge on any atom is 0.206 e. The predicted octanol–water partition coefficient (Wildman–Crippen LogP) is 4.14. The Morgan fingerprint density at radius 2 is 1.75 bits per heavy atom. The zero-order valence-electron chi connectivity index (χ0n) is 10.9. The second-order valence-corrected chi connectivity index (χ2v) is 7.51.